The Hall–Kier alpha value is -3.06. The van der Waals surface area contributed by atoms with Gasteiger partial charge in [0, 0.05) is 5.56 Å². The Balaban J connectivity index is 2.21. The molecule has 0 saturated heterocycles. The average Bonchev–Trinajstić information content (AvgIpc) is 2.59. The number of ketones is 1. The van der Waals surface area contributed by atoms with Crippen molar-refractivity contribution in [3.63, 3.8) is 0 Å². The summed E-state index contributed by atoms with van der Waals surface area (Å²) in [6.07, 6.45) is 3.17. The highest BCUT2D eigenvalue weighted by Gasteiger charge is 2.05. The van der Waals surface area contributed by atoms with Gasteiger partial charge in [-0.25, -0.2) is 0 Å². The van der Waals surface area contributed by atoms with Crippen LogP contribution >= 0.6 is 0 Å². The van der Waals surface area contributed by atoms with Gasteiger partial charge in [-0.3, -0.25) is 4.79 Å². The van der Waals surface area contributed by atoms with Crippen molar-refractivity contribution in [1.29, 1.82) is 5.26 Å². The molecule has 0 amide bonds. The van der Waals surface area contributed by atoms with Crippen molar-refractivity contribution in [3.8, 4) is 17.6 Å². The van der Waals surface area contributed by atoms with E-state index in [-0.39, 0.29) is 5.78 Å². The van der Waals surface area contributed by atoms with Crippen LogP contribution in [0.2, 0.25) is 0 Å². The number of hydrogen-bond acceptors (Lipinski definition) is 4. The monoisotopic (exact) mass is 293 g/mol. The molecule has 0 saturated carbocycles. The quantitative estimate of drug-likeness (QED) is 0.625. The Kier molecular flexibility index (Phi) is 4.94. The molecule has 4 nitrogen and oxygen atoms in total. The number of rotatable bonds is 5. The summed E-state index contributed by atoms with van der Waals surface area (Å²) in [6.45, 7) is 0. The van der Waals surface area contributed by atoms with Crippen molar-refractivity contribution in [2.75, 3.05) is 14.2 Å². The minimum atomic E-state index is -0.160. The zero-order chi connectivity index (χ0) is 15.9. The largest absolute Gasteiger partial charge is 0.493 e. The van der Waals surface area contributed by atoms with Gasteiger partial charge in [0.25, 0.3) is 0 Å². The minimum Gasteiger partial charge on any atom is -0.493 e. The van der Waals surface area contributed by atoms with Crippen LogP contribution < -0.4 is 9.47 Å². The van der Waals surface area contributed by atoms with E-state index in [2.05, 4.69) is 0 Å². The van der Waals surface area contributed by atoms with E-state index in [0.717, 1.165) is 5.56 Å². The molecule has 4 heteroatoms. The molecule has 0 unspecified atom stereocenters. The standard InChI is InChI=1S/C18H15NO3/c1-21-17-9-7-13(11-18(17)22-2)6-8-16(20)15-5-3-4-14(10-15)12-19/h3-11H,1-2H3. The lowest BCUT2D eigenvalue weighted by molar-refractivity contribution is 0.104. The fraction of sp³-hybridized carbons (Fsp3) is 0.111. The van der Waals surface area contributed by atoms with Gasteiger partial charge in [0.2, 0.25) is 0 Å². The third kappa shape index (κ3) is 3.53. The van der Waals surface area contributed by atoms with Crippen LogP contribution in [0.3, 0.4) is 0 Å². The SMILES string of the molecule is COc1ccc(C=CC(=O)c2cccc(C#N)c2)cc1OC. The van der Waals surface area contributed by atoms with E-state index in [9.17, 15) is 4.79 Å². The summed E-state index contributed by atoms with van der Waals surface area (Å²) in [7, 11) is 3.13. The molecule has 0 radical (unpaired) electrons. The predicted molar refractivity (Wildman–Crippen MR) is 84.1 cm³/mol. The molecule has 0 bridgehead atoms. The average molecular weight is 293 g/mol. The number of nitrogens with zero attached hydrogens (tertiary/aromatic N) is 1. The molecular weight excluding hydrogens is 278 g/mol. The van der Waals surface area contributed by atoms with Gasteiger partial charge < -0.3 is 9.47 Å². The molecule has 22 heavy (non-hydrogen) atoms. The Morgan fingerprint density at radius 3 is 2.55 bits per heavy atom. The summed E-state index contributed by atoms with van der Waals surface area (Å²) in [6, 6.07) is 14.0. The second-order valence-electron chi connectivity index (χ2n) is 4.50. The van der Waals surface area contributed by atoms with Crippen LogP contribution in [0.4, 0.5) is 0 Å². The van der Waals surface area contributed by atoms with Gasteiger partial charge in [-0.15, -0.1) is 0 Å². The van der Waals surface area contributed by atoms with Gasteiger partial charge in [0.15, 0.2) is 17.3 Å². The number of nitriles is 1. The van der Waals surface area contributed by atoms with Gasteiger partial charge in [-0.2, -0.15) is 5.26 Å². The Labute approximate surface area is 129 Å². The van der Waals surface area contributed by atoms with E-state index >= 15 is 0 Å². The molecule has 0 aromatic heterocycles. The Morgan fingerprint density at radius 1 is 1.09 bits per heavy atom. The summed E-state index contributed by atoms with van der Waals surface area (Å²) < 4.78 is 10.4. The zero-order valence-corrected chi connectivity index (χ0v) is 12.4. The van der Waals surface area contributed by atoms with Crippen molar-refractivity contribution < 1.29 is 14.3 Å². The highest BCUT2D eigenvalue weighted by Crippen LogP contribution is 2.28. The smallest absolute Gasteiger partial charge is 0.185 e. The van der Waals surface area contributed by atoms with Gasteiger partial charge in [0.1, 0.15) is 0 Å². The third-order valence-electron chi connectivity index (χ3n) is 3.11. The van der Waals surface area contributed by atoms with Gasteiger partial charge in [0.05, 0.1) is 25.9 Å². The molecule has 0 fully saturated rings. The maximum Gasteiger partial charge on any atom is 0.185 e. The molecule has 110 valence electrons. The van der Waals surface area contributed by atoms with E-state index in [0.29, 0.717) is 22.6 Å². The minimum absolute atomic E-state index is 0.160. The maximum atomic E-state index is 12.1. The topological polar surface area (TPSA) is 59.3 Å². The molecule has 2 aromatic carbocycles. The Bertz CT molecular complexity index is 757. The van der Waals surface area contributed by atoms with E-state index in [1.807, 2.05) is 12.1 Å². The van der Waals surface area contributed by atoms with Crippen LogP contribution in [0, 0.1) is 11.3 Å². The number of hydrogen-bond donors (Lipinski definition) is 0. The number of carbonyl (C=O) groups is 1. The molecule has 0 aliphatic heterocycles. The number of ether oxygens (including phenoxy) is 2. The van der Waals surface area contributed by atoms with Crippen LogP contribution in [0.15, 0.2) is 48.5 Å². The van der Waals surface area contributed by atoms with Crippen LogP contribution in [0.1, 0.15) is 21.5 Å². The van der Waals surface area contributed by atoms with E-state index < -0.39 is 0 Å². The first-order valence-electron chi connectivity index (χ1n) is 6.62. The fourth-order valence-corrected chi connectivity index (χ4v) is 1.97. The molecule has 0 N–H and O–H groups in total. The lowest BCUT2D eigenvalue weighted by Gasteiger charge is -2.07. The zero-order valence-electron chi connectivity index (χ0n) is 12.4. The number of methoxy groups -OCH3 is 2. The second-order valence-corrected chi connectivity index (χ2v) is 4.50. The van der Waals surface area contributed by atoms with Crippen molar-refractivity contribution in [2.24, 2.45) is 0 Å². The molecule has 0 atom stereocenters. The third-order valence-corrected chi connectivity index (χ3v) is 3.11. The first-order valence-corrected chi connectivity index (χ1v) is 6.62. The first kappa shape index (κ1) is 15.3. The summed E-state index contributed by atoms with van der Waals surface area (Å²) in [5.41, 5.74) is 1.77. The van der Waals surface area contributed by atoms with E-state index in [1.165, 1.54) is 6.08 Å². The fourth-order valence-electron chi connectivity index (χ4n) is 1.97. The van der Waals surface area contributed by atoms with Gasteiger partial charge in [-0.1, -0.05) is 24.3 Å². The van der Waals surface area contributed by atoms with Crippen molar-refractivity contribution >= 4 is 11.9 Å². The molecule has 0 spiro atoms. The highest BCUT2D eigenvalue weighted by molar-refractivity contribution is 6.07. The summed E-state index contributed by atoms with van der Waals surface area (Å²) >= 11 is 0. The van der Waals surface area contributed by atoms with E-state index in [4.69, 9.17) is 14.7 Å². The van der Waals surface area contributed by atoms with E-state index in [1.54, 1.807) is 56.7 Å². The molecular formula is C18H15NO3. The number of carbonyl (C=O) groups excluding carboxylic acids is 1. The van der Waals surface area contributed by atoms with Crippen molar-refractivity contribution in [1.82, 2.24) is 0 Å². The normalized spacial score (nSPS) is 10.2. The van der Waals surface area contributed by atoms with Crippen LogP contribution in [-0.4, -0.2) is 20.0 Å². The molecule has 0 aliphatic carbocycles. The molecule has 0 heterocycles. The predicted octanol–water partition coefficient (Wildman–Crippen LogP) is 3.47. The van der Waals surface area contributed by atoms with Crippen molar-refractivity contribution in [3.05, 3.63) is 65.2 Å². The molecule has 2 rings (SSSR count). The van der Waals surface area contributed by atoms with Crippen LogP contribution in [0.5, 0.6) is 11.5 Å². The second kappa shape index (κ2) is 7.09. The van der Waals surface area contributed by atoms with Gasteiger partial charge in [-0.05, 0) is 35.9 Å². The lowest BCUT2D eigenvalue weighted by Crippen LogP contribution is -1.95. The number of allylic oxidation sites excluding steroid dienone is 1. The highest BCUT2D eigenvalue weighted by atomic mass is 16.5. The molecule has 0 aliphatic rings. The van der Waals surface area contributed by atoms with Crippen molar-refractivity contribution in [2.45, 2.75) is 0 Å². The molecule has 2 aromatic rings. The Morgan fingerprint density at radius 2 is 1.86 bits per heavy atom. The first-order chi connectivity index (χ1) is 10.7. The number of benzene rings is 2. The summed E-state index contributed by atoms with van der Waals surface area (Å²) in [5, 5.41) is 8.85. The van der Waals surface area contributed by atoms with Gasteiger partial charge >= 0.3 is 0 Å². The maximum absolute atomic E-state index is 12.1. The summed E-state index contributed by atoms with van der Waals surface area (Å²) in [4.78, 5) is 12.1. The summed E-state index contributed by atoms with van der Waals surface area (Å²) in [5.74, 6) is 1.07. The van der Waals surface area contributed by atoms with Crippen LogP contribution in [0.25, 0.3) is 6.08 Å². The lowest BCUT2D eigenvalue weighted by atomic mass is 10.1. The van der Waals surface area contributed by atoms with Crippen LogP contribution in [-0.2, 0) is 0 Å².